The minimum absolute atomic E-state index is 0.0932. The number of nitrogens with two attached hydrogens (primary N) is 1. The summed E-state index contributed by atoms with van der Waals surface area (Å²) in [7, 11) is 0. The van der Waals surface area contributed by atoms with E-state index in [2.05, 4.69) is 5.32 Å². The normalized spacial score (nSPS) is 20.4. The summed E-state index contributed by atoms with van der Waals surface area (Å²) in [5, 5.41) is 2.90. The molecule has 1 rings (SSSR count). The van der Waals surface area contributed by atoms with E-state index >= 15 is 0 Å². The van der Waals surface area contributed by atoms with Crippen molar-refractivity contribution in [3.05, 3.63) is 0 Å². The smallest absolute Gasteiger partial charge is 0.237 e. The fraction of sp³-hybridized carbons (Fsp3) is 0.818. The molecule has 1 amide bonds. The van der Waals surface area contributed by atoms with E-state index < -0.39 is 6.04 Å². The van der Waals surface area contributed by atoms with E-state index in [1.54, 1.807) is 0 Å². The zero-order valence-corrected chi connectivity index (χ0v) is 9.45. The van der Waals surface area contributed by atoms with E-state index in [1.165, 1.54) is 0 Å². The Labute approximate surface area is 90.6 Å². The lowest BCUT2D eigenvalue weighted by Gasteiger charge is -2.24. The van der Waals surface area contributed by atoms with Crippen molar-refractivity contribution in [2.75, 3.05) is 0 Å². The summed E-state index contributed by atoms with van der Waals surface area (Å²) < 4.78 is 0. The van der Waals surface area contributed by atoms with Gasteiger partial charge in [0.15, 0.2) is 0 Å². The van der Waals surface area contributed by atoms with Crippen molar-refractivity contribution in [3.8, 4) is 0 Å². The molecule has 0 aromatic rings. The van der Waals surface area contributed by atoms with E-state index in [1.807, 2.05) is 13.8 Å². The Morgan fingerprint density at radius 2 is 1.93 bits per heavy atom. The van der Waals surface area contributed by atoms with Crippen LogP contribution in [0.5, 0.6) is 0 Å². The van der Waals surface area contributed by atoms with Crippen molar-refractivity contribution in [1.82, 2.24) is 5.32 Å². The first-order valence-corrected chi connectivity index (χ1v) is 5.58. The van der Waals surface area contributed by atoms with Gasteiger partial charge in [-0.05, 0) is 18.8 Å². The highest BCUT2D eigenvalue weighted by Crippen LogP contribution is 2.15. The van der Waals surface area contributed by atoms with E-state index in [-0.39, 0.29) is 17.9 Å². The molecular formula is C11H20N2O2. The Bertz CT molecular complexity index is 241. The molecule has 86 valence electrons. The van der Waals surface area contributed by atoms with Crippen LogP contribution in [0.2, 0.25) is 0 Å². The maximum absolute atomic E-state index is 11.6. The van der Waals surface area contributed by atoms with Gasteiger partial charge in [-0.25, -0.2) is 0 Å². The van der Waals surface area contributed by atoms with Gasteiger partial charge in [-0.15, -0.1) is 0 Å². The van der Waals surface area contributed by atoms with Crippen molar-refractivity contribution < 1.29 is 9.59 Å². The van der Waals surface area contributed by atoms with Gasteiger partial charge in [0.05, 0.1) is 6.04 Å². The zero-order valence-electron chi connectivity index (χ0n) is 9.45. The third kappa shape index (κ3) is 3.63. The lowest BCUT2D eigenvalue weighted by molar-refractivity contribution is -0.126. The predicted molar refractivity (Wildman–Crippen MR) is 58.2 cm³/mol. The molecule has 1 saturated carbocycles. The van der Waals surface area contributed by atoms with Crippen molar-refractivity contribution in [2.24, 2.45) is 11.7 Å². The third-order valence-corrected chi connectivity index (χ3v) is 2.91. The fourth-order valence-electron chi connectivity index (χ4n) is 1.68. The van der Waals surface area contributed by atoms with E-state index in [9.17, 15) is 9.59 Å². The second-order valence-electron chi connectivity index (χ2n) is 4.59. The lowest BCUT2D eigenvalue weighted by atomic mass is 9.93. The summed E-state index contributed by atoms with van der Waals surface area (Å²) in [5.74, 6) is 0.355. The molecule has 1 fully saturated rings. The average Bonchev–Trinajstić information content (AvgIpc) is 2.20. The second kappa shape index (κ2) is 5.26. The number of carbonyl (C=O) groups excluding carboxylic acids is 2. The van der Waals surface area contributed by atoms with Crippen LogP contribution in [0.3, 0.4) is 0 Å². The molecule has 1 atom stereocenters. The Balaban J connectivity index is 2.35. The van der Waals surface area contributed by atoms with Gasteiger partial charge >= 0.3 is 0 Å². The molecule has 1 aliphatic carbocycles. The van der Waals surface area contributed by atoms with Crippen molar-refractivity contribution in [1.29, 1.82) is 0 Å². The van der Waals surface area contributed by atoms with Crippen LogP contribution in [0.25, 0.3) is 0 Å². The van der Waals surface area contributed by atoms with Crippen LogP contribution < -0.4 is 11.1 Å². The predicted octanol–water partition coefficient (Wildman–Crippen LogP) is 0.598. The summed E-state index contributed by atoms with van der Waals surface area (Å²) in [6.07, 6.45) is 2.69. The number of rotatable bonds is 3. The maximum Gasteiger partial charge on any atom is 0.237 e. The van der Waals surface area contributed by atoms with Crippen LogP contribution in [-0.4, -0.2) is 23.8 Å². The van der Waals surface area contributed by atoms with Crippen LogP contribution in [0.4, 0.5) is 0 Å². The summed E-state index contributed by atoms with van der Waals surface area (Å²) in [5.41, 5.74) is 5.73. The molecule has 3 N–H and O–H groups in total. The number of amides is 1. The van der Waals surface area contributed by atoms with Gasteiger partial charge in [0.25, 0.3) is 0 Å². The molecule has 0 saturated heterocycles. The van der Waals surface area contributed by atoms with Gasteiger partial charge in [-0.3, -0.25) is 9.59 Å². The van der Waals surface area contributed by atoms with E-state index in [0.29, 0.717) is 18.6 Å². The van der Waals surface area contributed by atoms with Crippen LogP contribution in [0.1, 0.15) is 39.5 Å². The number of ketones is 1. The quantitative estimate of drug-likeness (QED) is 0.719. The molecule has 0 heterocycles. The molecule has 0 radical (unpaired) electrons. The Morgan fingerprint density at radius 1 is 1.40 bits per heavy atom. The van der Waals surface area contributed by atoms with Crippen LogP contribution >= 0.6 is 0 Å². The number of Topliss-reactive ketones (excluding diaryl/α,β-unsaturated/α-hetero) is 1. The van der Waals surface area contributed by atoms with Crippen LogP contribution in [0.15, 0.2) is 0 Å². The Morgan fingerprint density at radius 3 is 2.40 bits per heavy atom. The van der Waals surface area contributed by atoms with Gasteiger partial charge in [-0.1, -0.05) is 13.8 Å². The van der Waals surface area contributed by atoms with Gasteiger partial charge < -0.3 is 11.1 Å². The molecule has 1 aliphatic rings. The molecule has 4 nitrogen and oxygen atoms in total. The molecule has 0 aromatic carbocycles. The van der Waals surface area contributed by atoms with Gasteiger partial charge in [0, 0.05) is 18.9 Å². The summed E-state index contributed by atoms with van der Waals surface area (Å²) in [4.78, 5) is 22.6. The van der Waals surface area contributed by atoms with Crippen molar-refractivity contribution >= 4 is 11.7 Å². The monoisotopic (exact) mass is 212 g/mol. The van der Waals surface area contributed by atoms with E-state index in [4.69, 9.17) is 5.73 Å². The average molecular weight is 212 g/mol. The first-order chi connectivity index (χ1) is 7.00. The Hall–Kier alpha value is -0.900. The number of hydrogen-bond acceptors (Lipinski definition) is 3. The molecule has 0 aromatic heterocycles. The highest BCUT2D eigenvalue weighted by atomic mass is 16.2. The molecule has 0 aliphatic heterocycles. The fourth-order valence-corrected chi connectivity index (χ4v) is 1.68. The number of hydrogen-bond donors (Lipinski definition) is 2. The molecule has 4 heteroatoms. The SMILES string of the molecule is CC(C)C(N)C(=O)NC1CCC(=O)CC1. The largest absolute Gasteiger partial charge is 0.352 e. The summed E-state index contributed by atoms with van der Waals surface area (Å²) in [6.45, 7) is 3.85. The first-order valence-electron chi connectivity index (χ1n) is 5.58. The Kier molecular flexibility index (Phi) is 4.27. The van der Waals surface area contributed by atoms with Crippen LogP contribution in [-0.2, 0) is 9.59 Å². The summed E-state index contributed by atoms with van der Waals surface area (Å²) >= 11 is 0. The third-order valence-electron chi connectivity index (χ3n) is 2.91. The molecule has 0 bridgehead atoms. The van der Waals surface area contributed by atoms with Crippen molar-refractivity contribution in [2.45, 2.75) is 51.6 Å². The van der Waals surface area contributed by atoms with E-state index in [0.717, 1.165) is 12.8 Å². The first kappa shape index (κ1) is 12.2. The molecule has 1 unspecified atom stereocenters. The number of nitrogens with one attached hydrogen (secondary N) is 1. The number of carbonyl (C=O) groups is 2. The highest BCUT2D eigenvalue weighted by molar-refractivity contribution is 5.83. The standard InChI is InChI=1S/C11H20N2O2/c1-7(2)10(12)11(15)13-8-3-5-9(14)6-4-8/h7-8,10H,3-6,12H2,1-2H3,(H,13,15). The second-order valence-corrected chi connectivity index (χ2v) is 4.59. The highest BCUT2D eigenvalue weighted by Gasteiger charge is 2.23. The van der Waals surface area contributed by atoms with Gasteiger partial charge in [0.1, 0.15) is 5.78 Å². The lowest BCUT2D eigenvalue weighted by Crippen LogP contribution is -2.48. The summed E-state index contributed by atoms with van der Waals surface area (Å²) in [6, 6.07) is -0.303. The molecular weight excluding hydrogens is 192 g/mol. The minimum atomic E-state index is -0.442. The van der Waals surface area contributed by atoms with Crippen molar-refractivity contribution in [3.63, 3.8) is 0 Å². The topological polar surface area (TPSA) is 72.2 Å². The maximum atomic E-state index is 11.6. The van der Waals surface area contributed by atoms with Gasteiger partial charge in [-0.2, -0.15) is 0 Å². The minimum Gasteiger partial charge on any atom is -0.352 e. The van der Waals surface area contributed by atoms with Crippen LogP contribution in [0, 0.1) is 5.92 Å². The molecule has 0 spiro atoms. The molecule has 15 heavy (non-hydrogen) atoms. The van der Waals surface area contributed by atoms with Gasteiger partial charge in [0.2, 0.25) is 5.91 Å². The zero-order chi connectivity index (χ0) is 11.4.